The number of methoxy groups -OCH3 is 2. The fourth-order valence-electron chi connectivity index (χ4n) is 1.28. The number of benzene rings is 1. The SMILES string of the molecule is COc1ccc(OC)c(NC(=C[N+](=O)[O-])SC)c1. The monoisotopic (exact) mass is 270 g/mol. The Morgan fingerprint density at radius 3 is 2.67 bits per heavy atom. The third-order valence-electron chi connectivity index (χ3n) is 2.11. The van der Waals surface area contributed by atoms with E-state index in [1.54, 1.807) is 31.6 Å². The van der Waals surface area contributed by atoms with E-state index in [2.05, 4.69) is 5.32 Å². The Balaban J connectivity index is 3.03. The van der Waals surface area contributed by atoms with E-state index in [1.807, 2.05) is 0 Å². The predicted octanol–water partition coefficient (Wildman–Crippen LogP) is 2.55. The summed E-state index contributed by atoms with van der Waals surface area (Å²) in [7, 11) is 3.08. The normalized spacial score (nSPS) is 10.9. The van der Waals surface area contributed by atoms with Crippen LogP contribution in [0.15, 0.2) is 29.4 Å². The largest absolute Gasteiger partial charge is 0.497 e. The molecule has 0 saturated carbocycles. The number of hydrogen-bond acceptors (Lipinski definition) is 6. The number of hydrogen-bond donors (Lipinski definition) is 1. The molecule has 0 atom stereocenters. The molecular weight excluding hydrogens is 256 g/mol. The van der Waals surface area contributed by atoms with Crippen LogP contribution >= 0.6 is 11.8 Å². The Morgan fingerprint density at radius 2 is 2.17 bits per heavy atom. The van der Waals surface area contributed by atoms with Crippen LogP contribution in [0.1, 0.15) is 0 Å². The average Bonchev–Trinajstić information content (AvgIpc) is 2.37. The van der Waals surface area contributed by atoms with Gasteiger partial charge in [-0.1, -0.05) is 0 Å². The molecule has 7 heteroatoms. The third-order valence-corrected chi connectivity index (χ3v) is 2.75. The van der Waals surface area contributed by atoms with Crippen LogP contribution in [0.3, 0.4) is 0 Å². The molecule has 6 nitrogen and oxygen atoms in total. The zero-order valence-corrected chi connectivity index (χ0v) is 11.1. The second-order valence-electron chi connectivity index (χ2n) is 3.17. The van der Waals surface area contributed by atoms with Gasteiger partial charge in [-0.05, 0) is 18.4 Å². The molecule has 0 spiro atoms. The van der Waals surface area contributed by atoms with Crippen LogP contribution in [-0.2, 0) is 0 Å². The van der Waals surface area contributed by atoms with Gasteiger partial charge < -0.3 is 14.8 Å². The minimum Gasteiger partial charge on any atom is -0.497 e. The van der Waals surface area contributed by atoms with Crippen LogP contribution in [0.25, 0.3) is 0 Å². The van der Waals surface area contributed by atoms with E-state index < -0.39 is 4.92 Å². The van der Waals surface area contributed by atoms with Gasteiger partial charge in [-0.25, -0.2) is 0 Å². The van der Waals surface area contributed by atoms with Crippen LogP contribution in [0.5, 0.6) is 11.5 Å². The molecule has 18 heavy (non-hydrogen) atoms. The van der Waals surface area contributed by atoms with Gasteiger partial charge in [-0.2, -0.15) is 0 Å². The summed E-state index contributed by atoms with van der Waals surface area (Å²) in [6.07, 6.45) is 2.65. The Morgan fingerprint density at radius 1 is 1.44 bits per heavy atom. The number of anilines is 1. The van der Waals surface area contributed by atoms with Gasteiger partial charge in [0.15, 0.2) is 0 Å². The number of nitrogens with one attached hydrogen (secondary N) is 1. The summed E-state index contributed by atoms with van der Waals surface area (Å²) in [5, 5.41) is 13.8. The van der Waals surface area contributed by atoms with E-state index in [-0.39, 0.29) is 0 Å². The first-order chi connectivity index (χ1) is 8.60. The fourth-order valence-corrected chi connectivity index (χ4v) is 1.68. The maximum absolute atomic E-state index is 10.5. The van der Waals surface area contributed by atoms with Crippen molar-refractivity contribution in [3.8, 4) is 11.5 Å². The maximum Gasteiger partial charge on any atom is 0.264 e. The number of nitrogens with zero attached hydrogens (tertiary/aromatic N) is 1. The standard InChI is InChI=1S/C11H14N2O4S/c1-16-8-4-5-10(17-2)9(6-8)12-11(18-3)7-13(14)15/h4-7,12H,1-3H3. The van der Waals surface area contributed by atoms with Crippen molar-refractivity contribution in [2.45, 2.75) is 0 Å². The molecule has 0 aromatic heterocycles. The highest BCUT2D eigenvalue weighted by molar-refractivity contribution is 8.02. The van der Waals surface area contributed by atoms with Gasteiger partial charge in [0.2, 0.25) is 0 Å². The van der Waals surface area contributed by atoms with Crippen molar-refractivity contribution in [2.75, 3.05) is 25.8 Å². The van der Waals surface area contributed by atoms with Crippen molar-refractivity contribution in [2.24, 2.45) is 0 Å². The van der Waals surface area contributed by atoms with E-state index in [9.17, 15) is 10.1 Å². The first kappa shape index (κ1) is 14.2. The lowest BCUT2D eigenvalue weighted by Gasteiger charge is -2.12. The fraction of sp³-hybridized carbons (Fsp3) is 0.273. The maximum atomic E-state index is 10.5. The highest BCUT2D eigenvalue weighted by Gasteiger charge is 2.08. The summed E-state index contributed by atoms with van der Waals surface area (Å²) in [5.74, 6) is 1.22. The molecule has 1 N–H and O–H groups in total. The zero-order chi connectivity index (χ0) is 13.5. The van der Waals surface area contributed by atoms with Crippen molar-refractivity contribution in [3.63, 3.8) is 0 Å². The molecule has 98 valence electrons. The van der Waals surface area contributed by atoms with Crippen LogP contribution in [-0.4, -0.2) is 25.4 Å². The average molecular weight is 270 g/mol. The van der Waals surface area contributed by atoms with E-state index in [4.69, 9.17) is 9.47 Å². The van der Waals surface area contributed by atoms with Crippen molar-refractivity contribution in [1.82, 2.24) is 0 Å². The minimum atomic E-state index is -0.508. The Kier molecular flexibility index (Phi) is 5.31. The Hall–Kier alpha value is -1.89. The van der Waals surface area contributed by atoms with Crippen molar-refractivity contribution in [3.05, 3.63) is 39.5 Å². The van der Waals surface area contributed by atoms with Gasteiger partial charge >= 0.3 is 0 Å². The second-order valence-corrected chi connectivity index (χ2v) is 4.02. The first-order valence-corrected chi connectivity index (χ1v) is 6.21. The summed E-state index contributed by atoms with van der Waals surface area (Å²) in [6.45, 7) is 0. The highest BCUT2D eigenvalue weighted by atomic mass is 32.2. The quantitative estimate of drug-likeness (QED) is 0.632. The lowest BCUT2D eigenvalue weighted by atomic mass is 10.2. The van der Waals surface area contributed by atoms with Gasteiger partial charge in [-0.3, -0.25) is 10.1 Å². The predicted molar refractivity (Wildman–Crippen MR) is 71.8 cm³/mol. The minimum absolute atomic E-state index is 0.409. The zero-order valence-electron chi connectivity index (χ0n) is 10.3. The highest BCUT2D eigenvalue weighted by Crippen LogP contribution is 2.31. The lowest BCUT2D eigenvalue weighted by molar-refractivity contribution is -0.402. The van der Waals surface area contributed by atoms with Gasteiger partial charge in [0.05, 0.1) is 24.8 Å². The first-order valence-electron chi connectivity index (χ1n) is 4.99. The van der Waals surface area contributed by atoms with Crippen molar-refractivity contribution < 1.29 is 14.4 Å². The molecule has 0 amide bonds. The van der Waals surface area contributed by atoms with Crippen LogP contribution in [0, 0.1) is 10.1 Å². The molecule has 0 bridgehead atoms. The van der Waals surface area contributed by atoms with Gasteiger partial charge in [-0.15, -0.1) is 11.8 Å². The van der Waals surface area contributed by atoms with Crippen molar-refractivity contribution in [1.29, 1.82) is 0 Å². The molecule has 0 aliphatic rings. The molecule has 0 fully saturated rings. The molecule has 0 aliphatic carbocycles. The lowest BCUT2D eigenvalue weighted by Crippen LogP contribution is -2.01. The van der Waals surface area contributed by atoms with E-state index in [0.717, 1.165) is 6.20 Å². The van der Waals surface area contributed by atoms with E-state index in [1.165, 1.54) is 18.9 Å². The van der Waals surface area contributed by atoms with Crippen LogP contribution in [0.2, 0.25) is 0 Å². The summed E-state index contributed by atoms with van der Waals surface area (Å²) >= 11 is 1.24. The molecule has 0 unspecified atom stereocenters. The number of ether oxygens (including phenoxy) is 2. The van der Waals surface area contributed by atoms with E-state index >= 15 is 0 Å². The molecule has 0 radical (unpaired) electrons. The summed E-state index contributed by atoms with van der Waals surface area (Å²) in [6, 6.07) is 5.19. The molecule has 0 aliphatic heterocycles. The van der Waals surface area contributed by atoms with Crippen LogP contribution in [0.4, 0.5) is 5.69 Å². The number of nitro groups is 1. The van der Waals surface area contributed by atoms with Gasteiger partial charge in [0, 0.05) is 6.07 Å². The summed E-state index contributed by atoms with van der Waals surface area (Å²) in [4.78, 5) is 9.95. The smallest absolute Gasteiger partial charge is 0.264 e. The molecule has 0 saturated heterocycles. The third kappa shape index (κ3) is 3.85. The summed E-state index contributed by atoms with van der Waals surface area (Å²) < 4.78 is 10.3. The molecule has 1 rings (SSSR count). The molecule has 1 aromatic carbocycles. The second kappa shape index (κ2) is 6.75. The molecule has 0 heterocycles. The Bertz CT molecular complexity index is 462. The summed E-state index contributed by atoms with van der Waals surface area (Å²) in [5.41, 5.74) is 0.610. The van der Waals surface area contributed by atoms with E-state index in [0.29, 0.717) is 22.2 Å². The number of rotatable bonds is 6. The number of thioether (sulfide) groups is 1. The van der Waals surface area contributed by atoms with Crippen LogP contribution < -0.4 is 14.8 Å². The Labute approximate surface area is 109 Å². The van der Waals surface area contributed by atoms with Gasteiger partial charge in [0.1, 0.15) is 16.5 Å². The van der Waals surface area contributed by atoms with Crippen molar-refractivity contribution >= 4 is 17.4 Å². The van der Waals surface area contributed by atoms with Gasteiger partial charge in [0.25, 0.3) is 6.20 Å². The topological polar surface area (TPSA) is 73.6 Å². The molecule has 1 aromatic rings. The molecular formula is C11H14N2O4S.